The van der Waals surface area contributed by atoms with Crippen molar-refractivity contribution < 1.29 is 18.4 Å². The Morgan fingerprint density at radius 3 is 2.79 bits per heavy atom. The van der Waals surface area contributed by atoms with E-state index in [1.807, 2.05) is 0 Å². The minimum absolute atomic E-state index is 0.0277. The summed E-state index contributed by atoms with van der Waals surface area (Å²) in [6.45, 7) is 0. The van der Waals surface area contributed by atoms with Crippen LogP contribution in [0.1, 0.15) is 32.2 Å². The molecule has 28 heavy (non-hydrogen) atoms. The molecule has 8 heteroatoms. The number of rotatable bonds is 4. The number of carbonyl (C=O) groups is 2. The molecule has 0 aliphatic carbocycles. The van der Waals surface area contributed by atoms with Crippen molar-refractivity contribution in [3.05, 3.63) is 83.5 Å². The van der Waals surface area contributed by atoms with Gasteiger partial charge in [0.1, 0.15) is 11.3 Å². The summed E-state index contributed by atoms with van der Waals surface area (Å²) >= 11 is 0. The van der Waals surface area contributed by atoms with Crippen molar-refractivity contribution in [1.82, 2.24) is 14.8 Å². The second-order valence-electron chi connectivity index (χ2n) is 5.80. The van der Waals surface area contributed by atoms with Gasteiger partial charge in [0, 0.05) is 17.8 Å². The quantitative estimate of drug-likeness (QED) is 0.591. The number of benzene rings is 1. The molecule has 3 aromatic heterocycles. The lowest BCUT2D eigenvalue weighted by atomic mass is 10.1. The Labute approximate surface area is 157 Å². The molecule has 0 bridgehead atoms. The maximum absolute atomic E-state index is 14.6. The summed E-state index contributed by atoms with van der Waals surface area (Å²) in [5.41, 5.74) is 6.11. The Morgan fingerprint density at radius 2 is 2.11 bits per heavy atom. The van der Waals surface area contributed by atoms with Crippen molar-refractivity contribution in [1.29, 1.82) is 0 Å². The summed E-state index contributed by atoms with van der Waals surface area (Å²) in [7, 11) is 0. The lowest BCUT2D eigenvalue weighted by molar-refractivity contribution is 0.0921. The van der Waals surface area contributed by atoms with Crippen molar-refractivity contribution in [2.45, 2.75) is 0 Å². The number of nitrogens with zero attached hydrogens (tertiary/aromatic N) is 3. The zero-order valence-electron chi connectivity index (χ0n) is 14.3. The normalized spacial score (nSPS) is 11.3. The van der Waals surface area contributed by atoms with Gasteiger partial charge in [-0.25, -0.2) is 4.39 Å². The number of fused-ring (bicyclic) bond motifs is 1. The monoisotopic (exact) mass is 375 g/mol. The molecular formula is C20H12FN4O3. The average molecular weight is 375 g/mol. The van der Waals surface area contributed by atoms with Crippen LogP contribution in [0, 0.1) is 11.9 Å². The number of pyridine rings is 1. The highest BCUT2D eigenvalue weighted by molar-refractivity contribution is 6.11. The van der Waals surface area contributed by atoms with E-state index in [1.165, 1.54) is 18.4 Å². The van der Waals surface area contributed by atoms with Crippen LogP contribution in [0.2, 0.25) is 0 Å². The minimum atomic E-state index is -0.814. The first-order valence-electron chi connectivity index (χ1n) is 8.15. The standard InChI is InChI=1S/C20H12FN4O3/c21-14-7-6-13(19(22)26)17-15(8-5-12-3-1-9-23-11-12)24-25(18(14)17)20(27)16-4-2-10-28-16/h1-5,7-11H,(H2,22,26)/b8-5+. The molecule has 137 valence electrons. The highest BCUT2D eigenvalue weighted by Gasteiger charge is 2.24. The molecule has 3 heterocycles. The van der Waals surface area contributed by atoms with Gasteiger partial charge in [0.05, 0.1) is 17.5 Å². The predicted octanol–water partition coefficient (Wildman–Crippen LogP) is 2.92. The summed E-state index contributed by atoms with van der Waals surface area (Å²) in [5, 5.41) is 4.29. The van der Waals surface area contributed by atoms with Crippen LogP contribution >= 0.6 is 0 Å². The maximum atomic E-state index is 14.6. The molecule has 1 amide bonds. The molecule has 0 saturated carbocycles. The van der Waals surface area contributed by atoms with E-state index in [0.717, 1.165) is 16.3 Å². The van der Waals surface area contributed by atoms with Gasteiger partial charge in [0.15, 0.2) is 5.76 Å². The molecule has 4 rings (SSSR count). The molecule has 1 aromatic carbocycles. The number of halogens is 1. The van der Waals surface area contributed by atoms with Gasteiger partial charge in [0.2, 0.25) is 5.91 Å². The maximum Gasteiger partial charge on any atom is 0.314 e. The van der Waals surface area contributed by atoms with Gasteiger partial charge in [0.25, 0.3) is 0 Å². The average Bonchev–Trinajstić information content (AvgIpc) is 3.36. The summed E-state index contributed by atoms with van der Waals surface area (Å²) in [4.78, 5) is 28.6. The predicted molar refractivity (Wildman–Crippen MR) is 98.6 cm³/mol. The fourth-order valence-corrected chi connectivity index (χ4v) is 2.79. The summed E-state index contributed by atoms with van der Waals surface area (Å²) in [6, 6.07) is 9.99. The number of nitrogens with two attached hydrogens (primary N) is 1. The molecule has 7 nitrogen and oxygen atoms in total. The van der Waals surface area contributed by atoms with Crippen molar-refractivity contribution in [3.63, 3.8) is 0 Å². The molecule has 0 aliphatic rings. The zero-order chi connectivity index (χ0) is 19.7. The van der Waals surface area contributed by atoms with Crippen LogP contribution in [0.15, 0.2) is 53.4 Å². The number of hydrogen-bond donors (Lipinski definition) is 1. The molecule has 1 radical (unpaired) electrons. The molecule has 2 N–H and O–H groups in total. The largest absolute Gasteiger partial charge is 0.459 e. The number of hydrogen-bond acceptors (Lipinski definition) is 5. The molecule has 0 spiro atoms. The molecule has 0 saturated heterocycles. The first kappa shape index (κ1) is 17.3. The van der Waals surface area contributed by atoms with Crippen LogP contribution in [-0.4, -0.2) is 26.6 Å². The van der Waals surface area contributed by atoms with E-state index in [4.69, 9.17) is 10.2 Å². The van der Waals surface area contributed by atoms with Gasteiger partial charge in [-0.15, -0.1) is 0 Å². The lowest BCUT2D eigenvalue weighted by Gasteiger charge is -2.02. The lowest BCUT2D eigenvalue weighted by Crippen LogP contribution is -2.15. The molecule has 0 fully saturated rings. The third-order valence-electron chi connectivity index (χ3n) is 4.02. The third-order valence-corrected chi connectivity index (χ3v) is 4.02. The molecule has 0 atom stereocenters. The van der Waals surface area contributed by atoms with Gasteiger partial charge < -0.3 is 10.2 Å². The van der Waals surface area contributed by atoms with E-state index >= 15 is 0 Å². The van der Waals surface area contributed by atoms with Gasteiger partial charge in [-0.1, -0.05) is 12.1 Å². The van der Waals surface area contributed by atoms with Crippen LogP contribution in [0.5, 0.6) is 0 Å². The van der Waals surface area contributed by atoms with Crippen LogP contribution < -0.4 is 5.73 Å². The first-order valence-corrected chi connectivity index (χ1v) is 8.15. The topological polar surface area (TPSA) is 104 Å². The Morgan fingerprint density at radius 1 is 1.25 bits per heavy atom. The Bertz CT molecular complexity index is 1210. The fourth-order valence-electron chi connectivity index (χ4n) is 2.79. The van der Waals surface area contributed by atoms with E-state index in [-0.39, 0.29) is 27.9 Å². The van der Waals surface area contributed by atoms with E-state index in [0.29, 0.717) is 0 Å². The summed E-state index contributed by atoms with van der Waals surface area (Å²) < 4.78 is 20.6. The molecular weight excluding hydrogens is 363 g/mol. The highest BCUT2D eigenvalue weighted by Crippen LogP contribution is 2.27. The Kier molecular flexibility index (Phi) is 4.29. The van der Waals surface area contributed by atoms with Gasteiger partial charge in [-0.2, -0.15) is 9.78 Å². The first-order chi connectivity index (χ1) is 13.6. The second kappa shape index (κ2) is 6.92. The minimum Gasteiger partial charge on any atom is -0.459 e. The Balaban J connectivity index is 1.96. The SMILES string of the molecule is NC(=O)c1[c]cc(F)c2c1c(/C=C/c1cccnc1)nn2C(=O)c1ccco1. The number of aromatic nitrogens is 3. The van der Waals surface area contributed by atoms with E-state index in [1.54, 1.807) is 36.7 Å². The molecule has 0 aliphatic heterocycles. The summed E-state index contributed by atoms with van der Waals surface area (Å²) in [6.07, 6.45) is 7.78. The van der Waals surface area contributed by atoms with Crippen molar-refractivity contribution in [2.24, 2.45) is 5.73 Å². The Hall–Kier alpha value is -4.07. The smallest absolute Gasteiger partial charge is 0.314 e. The molecule has 0 unspecified atom stereocenters. The molecule has 4 aromatic rings. The van der Waals surface area contributed by atoms with Crippen molar-refractivity contribution >= 4 is 34.9 Å². The summed E-state index contributed by atoms with van der Waals surface area (Å²) in [5.74, 6) is -2.30. The van der Waals surface area contributed by atoms with Gasteiger partial charge in [-0.3, -0.25) is 14.6 Å². The van der Waals surface area contributed by atoms with Crippen LogP contribution in [0.3, 0.4) is 0 Å². The van der Waals surface area contributed by atoms with Gasteiger partial charge in [-0.05, 0) is 42.0 Å². The highest BCUT2D eigenvalue weighted by atomic mass is 19.1. The van der Waals surface area contributed by atoms with Crippen LogP contribution in [-0.2, 0) is 0 Å². The van der Waals surface area contributed by atoms with Crippen LogP contribution in [0.25, 0.3) is 23.1 Å². The number of carbonyl (C=O) groups excluding carboxylic acids is 2. The number of primary amides is 1. The van der Waals surface area contributed by atoms with Crippen LogP contribution in [0.4, 0.5) is 4.39 Å². The van der Waals surface area contributed by atoms with E-state index in [9.17, 15) is 14.0 Å². The fraction of sp³-hybridized carbons (Fsp3) is 0. The van der Waals surface area contributed by atoms with Gasteiger partial charge >= 0.3 is 5.91 Å². The van der Waals surface area contributed by atoms with Crippen molar-refractivity contribution in [3.8, 4) is 0 Å². The number of furan rings is 1. The van der Waals surface area contributed by atoms with E-state index < -0.39 is 17.6 Å². The third kappa shape index (κ3) is 2.96. The second-order valence-corrected chi connectivity index (χ2v) is 5.80. The van der Waals surface area contributed by atoms with Crippen molar-refractivity contribution in [2.75, 3.05) is 0 Å². The number of amides is 1. The zero-order valence-corrected chi connectivity index (χ0v) is 14.3. The van der Waals surface area contributed by atoms with E-state index in [2.05, 4.69) is 16.1 Å².